The van der Waals surface area contributed by atoms with E-state index in [0.717, 1.165) is 16.9 Å². The molecule has 0 radical (unpaired) electrons. The number of nitrogens with zero attached hydrogens (tertiary/aromatic N) is 1. The molecule has 29 heavy (non-hydrogen) atoms. The van der Waals surface area contributed by atoms with Crippen molar-refractivity contribution in [2.24, 2.45) is 0 Å². The Kier molecular flexibility index (Phi) is 6.58. The molecule has 0 aromatic heterocycles. The summed E-state index contributed by atoms with van der Waals surface area (Å²) < 4.78 is 5.50. The number of rotatable bonds is 8. The normalized spacial score (nSPS) is 11.5. The van der Waals surface area contributed by atoms with Gasteiger partial charge in [0.25, 0.3) is 5.69 Å². The van der Waals surface area contributed by atoms with Gasteiger partial charge < -0.3 is 10.1 Å². The molecular weight excluding hydrogens is 368 g/mol. The van der Waals surface area contributed by atoms with Crippen molar-refractivity contribution >= 4 is 11.6 Å². The molecule has 148 valence electrons. The summed E-state index contributed by atoms with van der Waals surface area (Å²) in [6, 6.07) is 23.1. The third-order valence-corrected chi connectivity index (χ3v) is 4.47. The third kappa shape index (κ3) is 5.42. The van der Waals surface area contributed by atoms with Crippen LogP contribution in [0.15, 0.2) is 78.9 Å². The van der Waals surface area contributed by atoms with Crippen LogP contribution in [0.3, 0.4) is 0 Å². The van der Waals surface area contributed by atoms with Gasteiger partial charge in [-0.1, -0.05) is 54.6 Å². The zero-order valence-electron chi connectivity index (χ0n) is 16.1. The van der Waals surface area contributed by atoms with E-state index in [2.05, 4.69) is 5.32 Å². The molecule has 3 aromatic carbocycles. The number of nitro groups is 1. The van der Waals surface area contributed by atoms with E-state index in [0.29, 0.717) is 12.2 Å². The van der Waals surface area contributed by atoms with Gasteiger partial charge in [0, 0.05) is 12.1 Å². The molecule has 1 atom stereocenters. The number of nitro benzene ring substituents is 1. The van der Waals surface area contributed by atoms with Gasteiger partial charge in [0.05, 0.1) is 24.0 Å². The zero-order valence-corrected chi connectivity index (χ0v) is 16.1. The van der Waals surface area contributed by atoms with Gasteiger partial charge >= 0.3 is 0 Å². The summed E-state index contributed by atoms with van der Waals surface area (Å²) in [5.41, 5.74) is 2.63. The molecule has 1 amide bonds. The SMILES string of the molecule is CCOc1ccc(C(NC(=O)Cc2ccc([N+](=O)[O-])cc2)c2ccccc2)cc1. The van der Waals surface area contributed by atoms with Crippen LogP contribution in [0.4, 0.5) is 5.69 Å². The van der Waals surface area contributed by atoms with E-state index >= 15 is 0 Å². The summed E-state index contributed by atoms with van der Waals surface area (Å²) in [5, 5.41) is 13.8. The largest absolute Gasteiger partial charge is 0.494 e. The maximum absolute atomic E-state index is 12.7. The highest BCUT2D eigenvalue weighted by Gasteiger charge is 2.17. The first kappa shape index (κ1) is 20.1. The molecule has 6 nitrogen and oxygen atoms in total. The van der Waals surface area contributed by atoms with Crippen molar-refractivity contribution in [2.45, 2.75) is 19.4 Å². The Morgan fingerprint density at radius 2 is 1.59 bits per heavy atom. The van der Waals surface area contributed by atoms with Crippen LogP contribution in [0.5, 0.6) is 5.75 Å². The second kappa shape index (κ2) is 9.50. The molecule has 0 fully saturated rings. The molecule has 0 aliphatic heterocycles. The lowest BCUT2D eigenvalue weighted by molar-refractivity contribution is -0.384. The van der Waals surface area contributed by atoms with E-state index in [1.54, 1.807) is 12.1 Å². The summed E-state index contributed by atoms with van der Waals surface area (Å²) in [4.78, 5) is 23.0. The number of carbonyl (C=O) groups is 1. The lowest BCUT2D eigenvalue weighted by Crippen LogP contribution is -2.30. The Morgan fingerprint density at radius 1 is 0.966 bits per heavy atom. The minimum absolute atomic E-state index is 0.00529. The van der Waals surface area contributed by atoms with Crippen molar-refractivity contribution in [1.29, 1.82) is 0 Å². The number of hydrogen-bond donors (Lipinski definition) is 1. The number of nitrogens with one attached hydrogen (secondary N) is 1. The lowest BCUT2D eigenvalue weighted by atomic mass is 9.98. The predicted molar refractivity (Wildman–Crippen MR) is 111 cm³/mol. The second-order valence-electron chi connectivity index (χ2n) is 6.51. The zero-order chi connectivity index (χ0) is 20.6. The fourth-order valence-electron chi connectivity index (χ4n) is 3.06. The average molecular weight is 390 g/mol. The van der Waals surface area contributed by atoms with E-state index in [9.17, 15) is 14.9 Å². The van der Waals surface area contributed by atoms with Crippen LogP contribution in [-0.4, -0.2) is 17.4 Å². The first-order chi connectivity index (χ1) is 14.1. The highest BCUT2D eigenvalue weighted by atomic mass is 16.6. The molecule has 3 rings (SSSR count). The molecule has 1 unspecified atom stereocenters. The van der Waals surface area contributed by atoms with Gasteiger partial charge in [-0.3, -0.25) is 14.9 Å². The first-order valence-corrected chi connectivity index (χ1v) is 9.37. The summed E-state index contributed by atoms with van der Waals surface area (Å²) in [7, 11) is 0. The van der Waals surface area contributed by atoms with Crippen LogP contribution in [-0.2, 0) is 11.2 Å². The monoisotopic (exact) mass is 390 g/mol. The van der Waals surface area contributed by atoms with Gasteiger partial charge in [-0.05, 0) is 35.7 Å². The molecular formula is C23H22N2O4. The molecule has 0 aliphatic carbocycles. The van der Waals surface area contributed by atoms with Gasteiger partial charge in [0.15, 0.2) is 0 Å². The molecule has 0 bridgehead atoms. The minimum Gasteiger partial charge on any atom is -0.494 e. The third-order valence-electron chi connectivity index (χ3n) is 4.47. The van der Waals surface area contributed by atoms with Gasteiger partial charge in [-0.25, -0.2) is 0 Å². The predicted octanol–water partition coefficient (Wildman–Crippen LogP) is 4.44. The number of benzene rings is 3. The molecule has 0 aliphatic rings. The topological polar surface area (TPSA) is 81.5 Å². The quantitative estimate of drug-likeness (QED) is 0.455. The molecule has 0 saturated carbocycles. The van der Waals surface area contributed by atoms with Crippen LogP contribution in [0.1, 0.15) is 29.7 Å². The van der Waals surface area contributed by atoms with Crippen LogP contribution in [0, 0.1) is 10.1 Å². The molecule has 1 N–H and O–H groups in total. The molecule has 0 saturated heterocycles. The second-order valence-corrected chi connectivity index (χ2v) is 6.51. The van der Waals surface area contributed by atoms with Crippen molar-refractivity contribution < 1.29 is 14.5 Å². The summed E-state index contributed by atoms with van der Waals surface area (Å²) in [5.74, 6) is 0.613. The van der Waals surface area contributed by atoms with Crippen molar-refractivity contribution in [2.75, 3.05) is 6.61 Å². The molecule has 3 aromatic rings. The van der Waals surface area contributed by atoms with Gasteiger partial charge in [0.1, 0.15) is 5.75 Å². The number of carbonyl (C=O) groups excluding carboxylic acids is 1. The van der Waals surface area contributed by atoms with E-state index in [4.69, 9.17) is 4.74 Å². The Morgan fingerprint density at radius 3 is 2.17 bits per heavy atom. The number of non-ortho nitro benzene ring substituents is 1. The molecule has 6 heteroatoms. The fourth-order valence-corrected chi connectivity index (χ4v) is 3.06. The Hall–Kier alpha value is -3.67. The van der Waals surface area contributed by atoms with E-state index < -0.39 is 4.92 Å². The van der Waals surface area contributed by atoms with Gasteiger partial charge in [0.2, 0.25) is 5.91 Å². The summed E-state index contributed by atoms with van der Waals surface area (Å²) in [6.45, 7) is 2.52. The van der Waals surface area contributed by atoms with Crippen LogP contribution in [0.25, 0.3) is 0 Å². The Balaban J connectivity index is 1.77. The fraction of sp³-hybridized carbons (Fsp3) is 0.174. The average Bonchev–Trinajstić information content (AvgIpc) is 2.74. The smallest absolute Gasteiger partial charge is 0.269 e. The number of ether oxygens (including phenoxy) is 1. The van der Waals surface area contributed by atoms with Crippen molar-refractivity contribution in [3.8, 4) is 5.75 Å². The van der Waals surface area contributed by atoms with Crippen molar-refractivity contribution in [1.82, 2.24) is 5.32 Å². The van der Waals surface area contributed by atoms with Gasteiger partial charge in [-0.2, -0.15) is 0 Å². The van der Waals surface area contributed by atoms with E-state index in [-0.39, 0.29) is 24.1 Å². The van der Waals surface area contributed by atoms with Crippen LogP contribution in [0.2, 0.25) is 0 Å². The molecule has 0 spiro atoms. The first-order valence-electron chi connectivity index (χ1n) is 9.37. The summed E-state index contributed by atoms with van der Waals surface area (Å²) >= 11 is 0. The maximum atomic E-state index is 12.7. The van der Waals surface area contributed by atoms with Crippen molar-refractivity contribution in [3.05, 3.63) is 106 Å². The number of hydrogen-bond acceptors (Lipinski definition) is 4. The number of amides is 1. The Bertz CT molecular complexity index is 954. The van der Waals surface area contributed by atoms with Crippen molar-refractivity contribution in [3.63, 3.8) is 0 Å². The standard InChI is InChI=1S/C23H22N2O4/c1-2-29-21-14-10-19(11-15-21)23(18-6-4-3-5-7-18)24-22(26)16-17-8-12-20(13-9-17)25(27)28/h3-15,23H,2,16H2,1H3,(H,24,26). The van der Waals surface area contributed by atoms with E-state index in [1.807, 2.05) is 61.5 Å². The van der Waals surface area contributed by atoms with Gasteiger partial charge in [-0.15, -0.1) is 0 Å². The minimum atomic E-state index is -0.457. The maximum Gasteiger partial charge on any atom is 0.269 e. The van der Waals surface area contributed by atoms with Crippen LogP contribution >= 0.6 is 0 Å². The van der Waals surface area contributed by atoms with Crippen LogP contribution < -0.4 is 10.1 Å². The highest BCUT2D eigenvalue weighted by Crippen LogP contribution is 2.24. The highest BCUT2D eigenvalue weighted by molar-refractivity contribution is 5.79. The van der Waals surface area contributed by atoms with E-state index in [1.165, 1.54) is 12.1 Å². The lowest BCUT2D eigenvalue weighted by Gasteiger charge is -2.20. The summed E-state index contributed by atoms with van der Waals surface area (Å²) in [6.07, 6.45) is 0.137. The molecule has 0 heterocycles. The Labute approximate surface area is 169 Å².